The predicted octanol–water partition coefficient (Wildman–Crippen LogP) is 2.71. The minimum absolute atomic E-state index is 0.291. The minimum atomic E-state index is 0.291. The highest BCUT2D eigenvalue weighted by Crippen LogP contribution is 2.12. The number of aryl methyl sites for hydroxylation is 2. The Balaban J connectivity index is 2.00. The van der Waals surface area contributed by atoms with Crippen LogP contribution in [0.5, 0.6) is 0 Å². The van der Waals surface area contributed by atoms with Gasteiger partial charge in [0.25, 0.3) is 0 Å². The summed E-state index contributed by atoms with van der Waals surface area (Å²) in [6.07, 6.45) is 4.69. The predicted molar refractivity (Wildman–Crippen MR) is 76.8 cm³/mol. The fraction of sp³-hybridized carbons (Fsp3) is 0.467. The third-order valence-corrected chi connectivity index (χ3v) is 3.35. The topological polar surface area (TPSA) is 42.7 Å². The molecule has 19 heavy (non-hydrogen) atoms. The van der Waals surface area contributed by atoms with Gasteiger partial charge in [-0.05, 0) is 38.0 Å². The lowest BCUT2D eigenvalue weighted by Crippen LogP contribution is -2.20. The lowest BCUT2D eigenvalue weighted by atomic mass is 10.1. The normalized spacial score (nSPS) is 12.6. The summed E-state index contributed by atoms with van der Waals surface area (Å²) in [5.41, 5.74) is 3.61. The molecule has 0 spiro atoms. The lowest BCUT2D eigenvalue weighted by Gasteiger charge is -2.14. The van der Waals surface area contributed by atoms with Crippen LogP contribution in [0.3, 0.4) is 0 Å². The van der Waals surface area contributed by atoms with E-state index in [9.17, 15) is 0 Å². The van der Waals surface area contributed by atoms with E-state index in [1.54, 1.807) is 6.20 Å². The Bertz CT molecular complexity index is 504. The molecule has 0 unspecified atom stereocenters. The van der Waals surface area contributed by atoms with Gasteiger partial charge in [0.2, 0.25) is 0 Å². The summed E-state index contributed by atoms with van der Waals surface area (Å²) in [7, 11) is 0. The summed E-state index contributed by atoms with van der Waals surface area (Å²) in [6, 6.07) is 6.55. The van der Waals surface area contributed by atoms with E-state index in [2.05, 4.69) is 53.0 Å². The third kappa shape index (κ3) is 3.41. The molecule has 0 aliphatic rings. The van der Waals surface area contributed by atoms with Crippen molar-refractivity contribution in [2.45, 2.75) is 46.3 Å². The van der Waals surface area contributed by atoms with Crippen molar-refractivity contribution < 1.29 is 0 Å². The van der Waals surface area contributed by atoms with Crippen LogP contribution in [0.15, 0.2) is 30.6 Å². The number of aromatic nitrogens is 3. The number of hydrogen-bond donors (Lipinski definition) is 1. The smallest absolute Gasteiger partial charge is 0.0625 e. The molecule has 0 fully saturated rings. The van der Waals surface area contributed by atoms with Gasteiger partial charge >= 0.3 is 0 Å². The first-order valence-electron chi connectivity index (χ1n) is 6.93. The summed E-state index contributed by atoms with van der Waals surface area (Å²) >= 11 is 0. The molecule has 2 heterocycles. The van der Waals surface area contributed by atoms with Gasteiger partial charge in [0.15, 0.2) is 0 Å². The van der Waals surface area contributed by atoms with Crippen LogP contribution in [0.1, 0.15) is 43.8 Å². The largest absolute Gasteiger partial charge is 0.305 e. The van der Waals surface area contributed by atoms with Crippen LogP contribution < -0.4 is 5.32 Å². The van der Waals surface area contributed by atoms with Crippen molar-refractivity contribution in [1.82, 2.24) is 20.1 Å². The fourth-order valence-electron chi connectivity index (χ4n) is 2.11. The van der Waals surface area contributed by atoms with Gasteiger partial charge < -0.3 is 5.32 Å². The monoisotopic (exact) mass is 258 g/mol. The van der Waals surface area contributed by atoms with Gasteiger partial charge in [0, 0.05) is 31.5 Å². The third-order valence-electron chi connectivity index (χ3n) is 3.35. The van der Waals surface area contributed by atoms with Crippen molar-refractivity contribution in [1.29, 1.82) is 0 Å². The summed E-state index contributed by atoms with van der Waals surface area (Å²) < 4.78 is 2.07. The molecule has 0 saturated heterocycles. The fourth-order valence-corrected chi connectivity index (χ4v) is 2.11. The van der Waals surface area contributed by atoms with Crippen molar-refractivity contribution in [3.8, 4) is 0 Å². The van der Waals surface area contributed by atoms with Gasteiger partial charge in [-0.15, -0.1) is 0 Å². The molecule has 102 valence electrons. The molecule has 0 saturated carbocycles. The van der Waals surface area contributed by atoms with Gasteiger partial charge in [-0.1, -0.05) is 13.0 Å². The van der Waals surface area contributed by atoms with Crippen LogP contribution in [-0.2, 0) is 19.5 Å². The molecule has 0 aliphatic carbocycles. The van der Waals surface area contributed by atoms with Crippen LogP contribution >= 0.6 is 0 Å². The van der Waals surface area contributed by atoms with E-state index in [0.29, 0.717) is 6.04 Å². The molecular formula is C15H22N4. The van der Waals surface area contributed by atoms with Gasteiger partial charge in [-0.3, -0.25) is 9.67 Å². The molecule has 0 radical (unpaired) electrons. The second-order valence-corrected chi connectivity index (χ2v) is 4.69. The molecule has 0 aliphatic heterocycles. The quantitative estimate of drug-likeness (QED) is 0.866. The first-order valence-corrected chi connectivity index (χ1v) is 6.93. The number of hydrogen-bond acceptors (Lipinski definition) is 3. The Labute approximate surface area is 114 Å². The Morgan fingerprint density at radius 3 is 2.84 bits per heavy atom. The second-order valence-electron chi connectivity index (χ2n) is 4.69. The van der Waals surface area contributed by atoms with Crippen molar-refractivity contribution in [3.63, 3.8) is 0 Å². The second kappa shape index (κ2) is 6.48. The molecule has 0 amide bonds. The zero-order valence-electron chi connectivity index (χ0n) is 11.9. The zero-order chi connectivity index (χ0) is 13.7. The van der Waals surface area contributed by atoms with E-state index in [1.807, 2.05) is 12.3 Å². The molecule has 4 heteroatoms. The summed E-state index contributed by atoms with van der Waals surface area (Å²) in [5, 5.41) is 8.09. The summed E-state index contributed by atoms with van der Waals surface area (Å²) in [4.78, 5) is 4.15. The number of pyridine rings is 1. The molecule has 2 rings (SSSR count). The molecule has 1 atom stereocenters. The molecule has 2 aromatic rings. The Morgan fingerprint density at radius 2 is 2.21 bits per heavy atom. The highest BCUT2D eigenvalue weighted by Gasteiger charge is 2.08. The first-order chi connectivity index (χ1) is 9.24. The Hall–Kier alpha value is -1.68. The van der Waals surface area contributed by atoms with Crippen LogP contribution in [0, 0.1) is 0 Å². The number of nitrogens with one attached hydrogen (secondary N) is 1. The van der Waals surface area contributed by atoms with E-state index < -0.39 is 0 Å². The maximum atomic E-state index is 4.56. The molecule has 4 nitrogen and oxygen atoms in total. The summed E-state index contributed by atoms with van der Waals surface area (Å²) in [5.74, 6) is 0. The molecule has 0 aromatic carbocycles. The average Bonchev–Trinajstić information content (AvgIpc) is 2.88. The highest BCUT2D eigenvalue weighted by atomic mass is 15.3. The van der Waals surface area contributed by atoms with Crippen molar-refractivity contribution in [2.24, 2.45) is 0 Å². The maximum absolute atomic E-state index is 4.56. The van der Waals surface area contributed by atoms with Crippen molar-refractivity contribution in [2.75, 3.05) is 0 Å². The SMILES string of the molecule is CCc1cc(CN[C@H](C)c2cccnc2)n(CC)n1. The van der Waals surface area contributed by atoms with Crippen LogP contribution in [0.2, 0.25) is 0 Å². The number of rotatable bonds is 6. The van der Waals surface area contributed by atoms with Crippen LogP contribution in [-0.4, -0.2) is 14.8 Å². The molecule has 2 aromatic heterocycles. The first kappa shape index (κ1) is 13.7. The van der Waals surface area contributed by atoms with Crippen molar-refractivity contribution in [3.05, 3.63) is 47.5 Å². The van der Waals surface area contributed by atoms with E-state index >= 15 is 0 Å². The van der Waals surface area contributed by atoms with E-state index in [-0.39, 0.29) is 0 Å². The maximum Gasteiger partial charge on any atom is 0.0625 e. The average molecular weight is 258 g/mol. The van der Waals surface area contributed by atoms with Gasteiger partial charge in [0.1, 0.15) is 0 Å². The molecule has 0 bridgehead atoms. The van der Waals surface area contributed by atoms with E-state index in [0.717, 1.165) is 25.2 Å². The van der Waals surface area contributed by atoms with Crippen LogP contribution in [0.25, 0.3) is 0 Å². The van der Waals surface area contributed by atoms with E-state index in [4.69, 9.17) is 0 Å². The van der Waals surface area contributed by atoms with E-state index in [1.165, 1.54) is 11.3 Å². The van der Waals surface area contributed by atoms with Crippen LogP contribution in [0.4, 0.5) is 0 Å². The molecule has 1 N–H and O–H groups in total. The van der Waals surface area contributed by atoms with Gasteiger partial charge in [0.05, 0.1) is 11.4 Å². The zero-order valence-corrected chi connectivity index (χ0v) is 11.9. The Morgan fingerprint density at radius 1 is 1.37 bits per heavy atom. The minimum Gasteiger partial charge on any atom is -0.305 e. The molecular weight excluding hydrogens is 236 g/mol. The Kier molecular flexibility index (Phi) is 4.68. The number of nitrogens with zero attached hydrogens (tertiary/aromatic N) is 3. The highest BCUT2D eigenvalue weighted by molar-refractivity contribution is 5.14. The van der Waals surface area contributed by atoms with Gasteiger partial charge in [-0.2, -0.15) is 5.10 Å². The standard InChI is InChI=1S/C15H22N4/c1-4-14-9-15(19(5-2)18-14)11-17-12(3)13-7-6-8-16-10-13/h6-10,12,17H,4-5,11H2,1-3H3/t12-/m1/s1. The van der Waals surface area contributed by atoms with Crippen molar-refractivity contribution >= 4 is 0 Å². The summed E-state index contributed by atoms with van der Waals surface area (Å²) in [6.45, 7) is 8.16. The van der Waals surface area contributed by atoms with Gasteiger partial charge in [-0.25, -0.2) is 0 Å². The lowest BCUT2D eigenvalue weighted by molar-refractivity contribution is 0.529.